The van der Waals surface area contributed by atoms with Crippen LogP contribution in [-0.2, 0) is 0 Å². The summed E-state index contributed by atoms with van der Waals surface area (Å²) in [6.07, 6.45) is 4.14. The summed E-state index contributed by atoms with van der Waals surface area (Å²) in [5.41, 5.74) is 3.01. The van der Waals surface area contributed by atoms with Crippen LogP contribution in [0.1, 0.15) is 36.7 Å². The maximum Gasteiger partial charge on any atom is 0.177 e. The van der Waals surface area contributed by atoms with Crippen molar-refractivity contribution >= 4 is 11.2 Å². The average molecular weight is 213 g/mol. The molecule has 16 heavy (non-hydrogen) atoms. The Morgan fingerprint density at radius 2 is 1.94 bits per heavy atom. The molecule has 0 aliphatic heterocycles. The first kappa shape index (κ1) is 8.74. The van der Waals surface area contributed by atoms with Gasteiger partial charge in [-0.3, -0.25) is 0 Å². The van der Waals surface area contributed by atoms with Gasteiger partial charge in [0.25, 0.3) is 0 Å². The van der Waals surface area contributed by atoms with E-state index in [1.165, 1.54) is 25.1 Å². The van der Waals surface area contributed by atoms with Gasteiger partial charge in [-0.05, 0) is 50.2 Å². The van der Waals surface area contributed by atoms with Gasteiger partial charge in [0.15, 0.2) is 5.65 Å². The molecule has 0 spiro atoms. The molecule has 2 aliphatic carbocycles. The molecule has 0 radical (unpaired) electrons. The maximum atomic E-state index is 4.64. The zero-order valence-electron chi connectivity index (χ0n) is 9.40. The third kappa shape index (κ3) is 1.20. The Balaban J connectivity index is 1.75. The fourth-order valence-electron chi connectivity index (χ4n) is 3.14. The monoisotopic (exact) mass is 213 g/mol. The maximum absolute atomic E-state index is 4.64. The number of fused-ring (bicyclic) bond motifs is 2. The van der Waals surface area contributed by atoms with E-state index in [-0.39, 0.29) is 0 Å². The van der Waals surface area contributed by atoms with Crippen LogP contribution in [0.2, 0.25) is 0 Å². The summed E-state index contributed by atoms with van der Waals surface area (Å²) < 4.78 is 0. The topological polar surface area (TPSA) is 41.6 Å². The molecule has 82 valence electrons. The molecule has 0 saturated heterocycles. The molecule has 1 N–H and O–H groups in total. The Labute approximate surface area is 94.3 Å². The first-order chi connectivity index (χ1) is 7.79. The van der Waals surface area contributed by atoms with Gasteiger partial charge >= 0.3 is 0 Å². The summed E-state index contributed by atoms with van der Waals surface area (Å²) in [4.78, 5) is 12.5. The molecule has 3 nitrogen and oxygen atoms in total. The van der Waals surface area contributed by atoms with Gasteiger partial charge in [-0.1, -0.05) is 0 Å². The van der Waals surface area contributed by atoms with E-state index >= 15 is 0 Å². The van der Waals surface area contributed by atoms with Gasteiger partial charge in [0, 0.05) is 11.6 Å². The highest BCUT2D eigenvalue weighted by molar-refractivity contribution is 5.70. The van der Waals surface area contributed by atoms with Crippen molar-refractivity contribution in [3.63, 3.8) is 0 Å². The molecule has 0 bridgehead atoms. The molecule has 2 fully saturated rings. The summed E-state index contributed by atoms with van der Waals surface area (Å²) in [6, 6.07) is 4.13. The van der Waals surface area contributed by atoms with E-state index in [0.717, 1.165) is 28.7 Å². The largest absolute Gasteiger partial charge is 0.340 e. The molecule has 2 aliphatic rings. The van der Waals surface area contributed by atoms with Crippen LogP contribution in [-0.4, -0.2) is 15.0 Å². The molecular formula is C13H15N3. The molecule has 2 unspecified atom stereocenters. The van der Waals surface area contributed by atoms with Crippen LogP contribution in [0.3, 0.4) is 0 Å². The minimum absolute atomic E-state index is 0.665. The second-order valence-electron chi connectivity index (χ2n) is 5.37. The van der Waals surface area contributed by atoms with Gasteiger partial charge in [-0.15, -0.1) is 0 Å². The van der Waals surface area contributed by atoms with Crippen molar-refractivity contribution in [2.24, 2.45) is 11.8 Å². The van der Waals surface area contributed by atoms with Crippen molar-refractivity contribution in [2.45, 2.75) is 32.1 Å². The van der Waals surface area contributed by atoms with Crippen LogP contribution < -0.4 is 0 Å². The number of rotatable bonds is 1. The predicted molar refractivity (Wildman–Crippen MR) is 62.2 cm³/mol. The number of imidazole rings is 1. The number of H-pyrrole nitrogens is 1. The van der Waals surface area contributed by atoms with E-state index in [2.05, 4.69) is 21.0 Å². The zero-order valence-corrected chi connectivity index (χ0v) is 9.40. The Hall–Kier alpha value is -1.38. The molecule has 2 heterocycles. The van der Waals surface area contributed by atoms with Crippen molar-refractivity contribution in [2.75, 3.05) is 0 Å². The van der Waals surface area contributed by atoms with Crippen molar-refractivity contribution in [1.29, 1.82) is 0 Å². The molecule has 2 aromatic heterocycles. The Bertz CT molecular complexity index is 547. The van der Waals surface area contributed by atoms with Crippen molar-refractivity contribution in [3.8, 4) is 0 Å². The number of aromatic nitrogens is 3. The summed E-state index contributed by atoms with van der Waals surface area (Å²) >= 11 is 0. The van der Waals surface area contributed by atoms with Crippen LogP contribution in [0.25, 0.3) is 11.2 Å². The third-order valence-corrected chi connectivity index (χ3v) is 4.13. The minimum Gasteiger partial charge on any atom is -0.340 e. The summed E-state index contributed by atoms with van der Waals surface area (Å²) in [5.74, 6) is 3.85. The Morgan fingerprint density at radius 1 is 1.12 bits per heavy atom. The first-order valence-electron chi connectivity index (χ1n) is 6.13. The minimum atomic E-state index is 0.665. The standard InChI is InChI=1S/C13H15N3/c1-7-2-3-11-13(14-7)16-12(15-11)10-5-8-4-9(8)6-10/h2-3,8-10H,4-6H2,1H3,(H,14,15,16). The molecule has 0 amide bonds. The molecule has 3 heteroatoms. The lowest BCUT2D eigenvalue weighted by Gasteiger charge is -2.06. The number of aromatic amines is 1. The van der Waals surface area contributed by atoms with Crippen LogP contribution in [0, 0.1) is 18.8 Å². The van der Waals surface area contributed by atoms with E-state index < -0.39 is 0 Å². The lowest BCUT2D eigenvalue weighted by atomic mass is 10.0. The van der Waals surface area contributed by atoms with Gasteiger partial charge in [0.1, 0.15) is 5.82 Å². The normalized spacial score (nSPS) is 31.9. The molecule has 2 atom stereocenters. The number of hydrogen-bond acceptors (Lipinski definition) is 2. The highest BCUT2D eigenvalue weighted by Crippen LogP contribution is 2.57. The van der Waals surface area contributed by atoms with Crippen LogP contribution >= 0.6 is 0 Å². The van der Waals surface area contributed by atoms with Crippen LogP contribution in [0.4, 0.5) is 0 Å². The van der Waals surface area contributed by atoms with Gasteiger partial charge in [0.2, 0.25) is 0 Å². The first-order valence-corrected chi connectivity index (χ1v) is 6.13. The van der Waals surface area contributed by atoms with Gasteiger partial charge in [-0.2, -0.15) is 0 Å². The Kier molecular flexibility index (Phi) is 1.55. The van der Waals surface area contributed by atoms with E-state index in [4.69, 9.17) is 0 Å². The van der Waals surface area contributed by atoms with Crippen molar-refractivity contribution in [1.82, 2.24) is 15.0 Å². The number of nitrogens with one attached hydrogen (secondary N) is 1. The highest BCUT2D eigenvalue weighted by atomic mass is 15.0. The summed E-state index contributed by atoms with van der Waals surface area (Å²) in [7, 11) is 0. The molecule has 4 rings (SSSR count). The van der Waals surface area contributed by atoms with Crippen LogP contribution in [0.15, 0.2) is 12.1 Å². The third-order valence-electron chi connectivity index (χ3n) is 4.13. The van der Waals surface area contributed by atoms with Crippen molar-refractivity contribution in [3.05, 3.63) is 23.7 Å². The van der Waals surface area contributed by atoms with E-state index in [1.54, 1.807) is 0 Å². The zero-order chi connectivity index (χ0) is 10.7. The second kappa shape index (κ2) is 2.84. The van der Waals surface area contributed by atoms with E-state index in [9.17, 15) is 0 Å². The number of pyridine rings is 1. The fraction of sp³-hybridized carbons (Fsp3) is 0.538. The van der Waals surface area contributed by atoms with Crippen molar-refractivity contribution < 1.29 is 0 Å². The van der Waals surface area contributed by atoms with Gasteiger partial charge in [0.05, 0.1) is 5.52 Å². The van der Waals surface area contributed by atoms with E-state index in [0.29, 0.717) is 5.92 Å². The fourth-order valence-corrected chi connectivity index (χ4v) is 3.14. The smallest absolute Gasteiger partial charge is 0.177 e. The average Bonchev–Trinajstić information content (AvgIpc) is 2.75. The molecule has 2 saturated carbocycles. The lowest BCUT2D eigenvalue weighted by Crippen LogP contribution is -1.97. The van der Waals surface area contributed by atoms with E-state index in [1.807, 2.05) is 13.0 Å². The molecular weight excluding hydrogens is 198 g/mol. The van der Waals surface area contributed by atoms with Gasteiger partial charge < -0.3 is 4.98 Å². The summed E-state index contributed by atoms with van der Waals surface area (Å²) in [5, 5.41) is 0. The SMILES string of the molecule is Cc1ccc2[nH]c(C3CC4CC4C3)nc2n1. The molecule has 2 aromatic rings. The quantitative estimate of drug-likeness (QED) is 0.791. The van der Waals surface area contributed by atoms with Gasteiger partial charge in [-0.25, -0.2) is 9.97 Å². The second-order valence-corrected chi connectivity index (χ2v) is 5.37. The number of nitrogens with zero attached hydrogens (tertiary/aromatic N) is 2. The van der Waals surface area contributed by atoms with Crippen LogP contribution in [0.5, 0.6) is 0 Å². The summed E-state index contributed by atoms with van der Waals surface area (Å²) in [6.45, 7) is 2.01. The number of hydrogen-bond donors (Lipinski definition) is 1. The lowest BCUT2D eigenvalue weighted by molar-refractivity contribution is 0.597. The Morgan fingerprint density at radius 3 is 2.75 bits per heavy atom. The highest BCUT2D eigenvalue weighted by Gasteiger charge is 2.46. The molecule has 0 aromatic carbocycles. The number of aryl methyl sites for hydroxylation is 1. The predicted octanol–water partition coefficient (Wildman–Crippen LogP) is 2.78.